The molecule has 0 spiro atoms. The van der Waals surface area contributed by atoms with E-state index in [9.17, 15) is 22.8 Å². The van der Waals surface area contributed by atoms with Crippen LogP contribution in [0.1, 0.15) is 28.8 Å². The lowest BCUT2D eigenvalue weighted by molar-refractivity contribution is -0.192. The molecule has 2 N–H and O–H groups in total. The van der Waals surface area contributed by atoms with Gasteiger partial charge in [0.1, 0.15) is 5.41 Å². The van der Waals surface area contributed by atoms with Crippen LogP contribution in [-0.4, -0.2) is 27.8 Å². The number of amides is 2. The smallest absolute Gasteiger partial charge is 0.351 e. The van der Waals surface area contributed by atoms with Gasteiger partial charge in [-0.25, -0.2) is 0 Å². The zero-order chi connectivity index (χ0) is 22.4. The zero-order valence-electron chi connectivity index (χ0n) is 16.4. The number of alkyl halides is 3. The topological polar surface area (TPSA) is 76.0 Å². The molecule has 31 heavy (non-hydrogen) atoms. The highest BCUT2D eigenvalue weighted by molar-refractivity contribution is 6.34. The average molecular weight is 451 g/mol. The number of halogens is 4. The Morgan fingerprint density at radius 1 is 1.23 bits per heavy atom. The molecular formula is C21H18ClF3N4O2. The quantitative estimate of drug-likeness (QED) is 0.603. The van der Waals surface area contributed by atoms with E-state index >= 15 is 0 Å². The second kappa shape index (κ2) is 7.56. The monoisotopic (exact) mass is 450 g/mol. The molecule has 162 valence electrons. The van der Waals surface area contributed by atoms with E-state index in [4.69, 9.17) is 11.6 Å². The maximum atomic E-state index is 13.1. The summed E-state index contributed by atoms with van der Waals surface area (Å²) < 4.78 is 40.9. The van der Waals surface area contributed by atoms with Gasteiger partial charge in [0.05, 0.1) is 28.0 Å². The molecule has 1 heterocycles. The maximum absolute atomic E-state index is 13.1. The highest BCUT2D eigenvalue weighted by Gasteiger charge is 2.68. The molecule has 4 rings (SSSR count). The Hall–Kier alpha value is -3.07. The van der Waals surface area contributed by atoms with Crippen molar-refractivity contribution in [1.29, 1.82) is 0 Å². The first-order valence-electron chi connectivity index (χ1n) is 9.48. The summed E-state index contributed by atoms with van der Waals surface area (Å²) >= 11 is 6.17. The summed E-state index contributed by atoms with van der Waals surface area (Å²) in [6.07, 6.45) is -3.37. The predicted octanol–water partition coefficient (Wildman–Crippen LogP) is 4.44. The molecule has 1 fully saturated rings. The molecule has 10 heteroatoms. The first-order chi connectivity index (χ1) is 14.6. The fraction of sp³-hybridized carbons (Fsp3) is 0.286. The number of carbonyl (C=O) groups excluding carboxylic acids is 2. The molecule has 1 aliphatic rings. The first kappa shape index (κ1) is 21.2. The largest absolute Gasteiger partial charge is 0.403 e. The van der Waals surface area contributed by atoms with Gasteiger partial charge in [-0.05, 0) is 42.7 Å². The highest BCUT2D eigenvalue weighted by Crippen LogP contribution is 2.57. The fourth-order valence-corrected chi connectivity index (χ4v) is 3.65. The van der Waals surface area contributed by atoms with Crippen LogP contribution in [0.25, 0.3) is 10.9 Å². The van der Waals surface area contributed by atoms with Gasteiger partial charge in [-0.2, -0.15) is 18.3 Å². The predicted molar refractivity (Wildman–Crippen MR) is 110 cm³/mol. The number of aryl methyl sites for hydroxylation is 1. The van der Waals surface area contributed by atoms with Crippen LogP contribution in [0.5, 0.6) is 0 Å². The van der Waals surface area contributed by atoms with Crippen molar-refractivity contribution in [3.05, 3.63) is 58.7 Å². The summed E-state index contributed by atoms with van der Waals surface area (Å²) in [6.45, 7) is -0.147. The summed E-state index contributed by atoms with van der Waals surface area (Å²) in [7, 11) is 1.78. The van der Waals surface area contributed by atoms with Crippen molar-refractivity contribution in [1.82, 2.24) is 15.1 Å². The molecule has 0 bridgehead atoms. The van der Waals surface area contributed by atoms with Gasteiger partial charge in [0.25, 0.3) is 5.91 Å². The Labute approximate surface area is 180 Å². The Morgan fingerprint density at radius 2 is 1.97 bits per heavy atom. The number of hydrogen-bond acceptors (Lipinski definition) is 3. The standard InChI is InChI=1S/C21H18ClF3N4O2/c1-29-17-4-2-3-16(14(17)11-27-29)28-18(30)13-9-12(5-6-15(13)22)10-26-19(31)20(7-8-20)21(23,24)25/h2-6,9,11H,7-8,10H2,1H3,(H,26,31)(H,28,30). The maximum Gasteiger partial charge on any atom is 0.403 e. The number of nitrogens with one attached hydrogen (secondary N) is 2. The molecule has 1 aliphatic carbocycles. The molecule has 6 nitrogen and oxygen atoms in total. The van der Waals surface area contributed by atoms with Crippen LogP contribution in [0.2, 0.25) is 5.02 Å². The van der Waals surface area contributed by atoms with Crippen molar-refractivity contribution in [3.63, 3.8) is 0 Å². The molecule has 0 unspecified atom stereocenters. The van der Waals surface area contributed by atoms with Gasteiger partial charge < -0.3 is 10.6 Å². The number of hydrogen-bond donors (Lipinski definition) is 2. The molecule has 2 aromatic carbocycles. The van der Waals surface area contributed by atoms with Gasteiger partial charge in [-0.3, -0.25) is 14.3 Å². The molecule has 0 atom stereocenters. The Morgan fingerprint density at radius 3 is 2.65 bits per heavy atom. The lowest BCUT2D eigenvalue weighted by Gasteiger charge is -2.18. The van der Waals surface area contributed by atoms with E-state index in [1.807, 2.05) is 6.07 Å². The summed E-state index contributed by atoms with van der Waals surface area (Å²) in [5, 5.41) is 10.2. The zero-order valence-corrected chi connectivity index (χ0v) is 17.1. The van der Waals surface area contributed by atoms with Crippen LogP contribution in [0.3, 0.4) is 0 Å². The molecule has 2 amide bonds. The molecule has 1 saturated carbocycles. The van der Waals surface area contributed by atoms with E-state index in [2.05, 4.69) is 15.7 Å². The third-order valence-corrected chi connectivity index (χ3v) is 5.83. The average Bonchev–Trinajstić information content (AvgIpc) is 3.46. The van der Waals surface area contributed by atoms with Gasteiger partial charge in [-0.1, -0.05) is 23.7 Å². The lowest BCUT2D eigenvalue weighted by atomic mass is 10.1. The Balaban J connectivity index is 1.50. The van der Waals surface area contributed by atoms with Gasteiger partial charge in [0.2, 0.25) is 5.91 Å². The number of aromatic nitrogens is 2. The number of carbonyl (C=O) groups is 2. The van der Waals surface area contributed by atoms with Crippen molar-refractivity contribution in [2.45, 2.75) is 25.6 Å². The summed E-state index contributed by atoms with van der Waals surface area (Å²) in [4.78, 5) is 24.9. The normalized spacial score (nSPS) is 15.0. The second-order valence-corrected chi connectivity index (χ2v) is 7.94. The minimum Gasteiger partial charge on any atom is -0.351 e. The molecule has 1 aromatic heterocycles. The van der Waals surface area contributed by atoms with Crippen LogP contribution in [0, 0.1) is 5.41 Å². The van der Waals surface area contributed by atoms with Crippen LogP contribution >= 0.6 is 11.6 Å². The Kier molecular flexibility index (Phi) is 5.17. The van der Waals surface area contributed by atoms with Crippen molar-refractivity contribution in [3.8, 4) is 0 Å². The summed E-state index contributed by atoms with van der Waals surface area (Å²) in [5.41, 5.74) is -0.306. The number of anilines is 1. The molecule has 0 saturated heterocycles. The van der Waals surface area contributed by atoms with E-state index in [0.29, 0.717) is 11.3 Å². The molecule has 3 aromatic rings. The minimum absolute atomic E-state index is 0.145. The van der Waals surface area contributed by atoms with Crippen LogP contribution in [-0.2, 0) is 18.4 Å². The fourth-order valence-electron chi connectivity index (χ4n) is 3.45. The van der Waals surface area contributed by atoms with E-state index in [1.54, 1.807) is 36.1 Å². The van der Waals surface area contributed by atoms with Crippen molar-refractivity contribution in [2.75, 3.05) is 5.32 Å². The van der Waals surface area contributed by atoms with E-state index in [-0.39, 0.29) is 30.0 Å². The van der Waals surface area contributed by atoms with E-state index in [0.717, 1.165) is 10.9 Å². The van der Waals surface area contributed by atoms with Gasteiger partial charge in [-0.15, -0.1) is 0 Å². The van der Waals surface area contributed by atoms with Crippen LogP contribution in [0.15, 0.2) is 42.6 Å². The van der Waals surface area contributed by atoms with Crippen LogP contribution < -0.4 is 10.6 Å². The Bertz CT molecular complexity index is 1190. The molecule has 0 aliphatic heterocycles. The SMILES string of the molecule is Cn1ncc2c(NC(=O)c3cc(CNC(=O)C4(C(F)(F)F)CC4)ccc3Cl)cccc21. The number of fused-ring (bicyclic) bond motifs is 1. The van der Waals surface area contributed by atoms with Crippen molar-refractivity contribution < 1.29 is 22.8 Å². The number of nitrogens with zero attached hydrogens (tertiary/aromatic N) is 2. The van der Waals surface area contributed by atoms with E-state index < -0.39 is 23.4 Å². The van der Waals surface area contributed by atoms with Crippen molar-refractivity contribution in [2.24, 2.45) is 12.5 Å². The number of benzene rings is 2. The molecule has 0 radical (unpaired) electrons. The number of rotatable bonds is 5. The third kappa shape index (κ3) is 3.85. The van der Waals surface area contributed by atoms with Crippen LogP contribution in [0.4, 0.5) is 18.9 Å². The van der Waals surface area contributed by atoms with Gasteiger partial charge in [0, 0.05) is 19.0 Å². The first-order valence-corrected chi connectivity index (χ1v) is 9.86. The van der Waals surface area contributed by atoms with Gasteiger partial charge >= 0.3 is 6.18 Å². The summed E-state index contributed by atoms with van der Waals surface area (Å²) in [6, 6.07) is 9.84. The van der Waals surface area contributed by atoms with E-state index in [1.165, 1.54) is 12.1 Å². The lowest BCUT2D eigenvalue weighted by Crippen LogP contribution is -2.40. The minimum atomic E-state index is -4.57. The highest BCUT2D eigenvalue weighted by atomic mass is 35.5. The molecular weight excluding hydrogens is 433 g/mol. The third-order valence-electron chi connectivity index (χ3n) is 5.50. The summed E-state index contributed by atoms with van der Waals surface area (Å²) in [5.74, 6) is -1.53. The van der Waals surface area contributed by atoms with Gasteiger partial charge in [0.15, 0.2) is 0 Å². The van der Waals surface area contributed by atoms with Crippen molar-refractivity contribution >= 4 is 40.0 Å². The second-order valence-electron chi connectivity index (χ2n) is 7.54.